The smallest absolute Gasteiger partial charge is 0.416 e. The second-order valence-electron chi connectivity index (χ2n) is 10.1. The Morgan fingerprint density at radius 2 is 1.28 bits per heavy atom. The van der Waals surface area contributed by atoms with E-state index in [9.17, 15) is 26.3 Å². The molecular weight excluding hydrogens is 518 g/mol. The van der Waals surface area contributed by atoms with Gasteiger partial charge < -0.3 is 9.64 Å². The van der Waals surface area contributed by atoms with Gasteiger partial charge in [0.15, 0.2) is 0 Å². The van der Waals surface area contributed by atoms with Crippen LogP contribution in [0.5, 0.6) is 5.75 Å². The van der Waals surface area contributed by atoms with Gasteiger partial charge in [0.2, 0.25) is 0 Å². The first-order valence-corrected chi connectivity index (χ1v) is 12.8. The lowest BCUT2D eigenvalue weighted by molar-refractivity contribution is -0.143. The minimum atomic E-state index is -4.90. The Hall–Kier alpha value is -3.04. The number of nitrogens with zero attached hydrogens (tertiary/aromatic N) is 2. The van der Waals surface area contributed by atoms with Gasteiger partial charge >= 0.3 is 12.4 Å². The number of hydrogen-bond donors (Lipinski definition) is 0. The van der Waals surface area contributed by atoms with Crippen LogP contribution in [0.3, 0.4) is 0 Å². The molecule has 1 saturated heterocycles. The first-order chi connectivity index (χ1) is 18.4. The zero-order chi connectivity index (χ0) is 28.3. The molecule has 1 aliphatic heterocycles. The van der Waals surface area contributed by atoms with E-state index in [2.05, 4.69) is 21.9 Å². The van der Waals surface area contributed by atoms with Gasteiger partial charge in [-0.3, -0.25) is 4.90 Å². The summed E-state index contributed by atoms with van der Waals surface area (Å²) in [5.41, 5.74) is -1.59. The van der Waals surface area contributed by atoms with Gasteiger partial charge in [-0.1, -0.05) is 48.5 Å². The molecule has 1 atom stereocenters. The van der Waals surface area contributed by atoms with E-state index in [1.807, 2.05) is 31.2 Å². The largest absolute Gasteiger partial charge is 0.496 e. The molecule has 4 rings (SSSR count). The summed E-state index contributed by atoms with van der Waals surface area (Å²) in [5, 5.41) is 0. The van der Waals surface area contributed by atoms with Crippen LogP contribution >= 0.6 is 0 Å². The van der Waals surface area contributed by atoms with E-state index in [0.717, 1.165) is 43.8 Å². The maximum absolute atomic E-state index is 13.6. The Bertz CT molecular complexity index is 1200. The Labute approximate surface area is 225 Å². The van der Waals surface area contributed by atoms with Crippen molar-refractivity contribution in [3.63, 3.8) is 0 Å². The third kappa shape index (κ3) is 6.94. The number of alkyl halides is 6. The first kappa shape index (κ1) is 29.0. The van der Waals surface area contributed by atoms with Gasteiger partial charge in [0.1, 0.15) is 5.75 Å². The fraction of sp³-hybridized carbons (Fsp3) is 0.400. The summed E-state index contributed by atoms with van der Waals surface area (Å²) in [5.74, 6) is 0.537. The zero-order valence-electron chi connectivity index (χ0n) is 21.9. The van der Waals surface area contributed by atoms with Crippen molar-refractivity contribution in [1.82, 2.24) is 9.80 Å². The van der Waals surface area contributed by atoms with Gasteiger partial charge in [-0.05, 0) is 55.2 Å². The molecule has 39 heavy (non-hydrogen) atoms. The molecule has 1 aliphatic rings. The summed E-state index contributed by atoms with van der Waals surface area (Å²) >= 11 is 0. The van der Waals surface area contributed by atoms with Gasteiger partial charge in [0.05, 0.1) is 23.8 Å². The molecule has 3 nitrogen and oxygen atoms in total. The van der Waals surface area contributed by atoms with E-state index in [4.69, 9.17) is 4.74 Å². The van der Waals surface area contributed by atoms with Gasteiger partial charge in [-0.2, -0.15) is 26.3 Å². The minimum absolute atomic E-state index is 0.0305. The van der Waals surface area contributed by atoms with Crippen molar-refractivity contribution < 1.29 is 31.1 Å². The van der Waals surface area contributed by atoms with Crippen LogP contribution in [0.1, 0.15) is 34.7 Å². The lowest BCUT2D eigenvalue weighted by atomic mass is 9.82. The van der Waals surface area contributed by atoms with E-state index in [1.165, 1.54) is 12.7 Å². The van der Waals surface area contributed by atoms with Crippen molar-refractivity contribution in [3.05, 3.63) is 101 Å². The van der Waals surface area contributed by atoms with Crippen LogP contribution in [0.4, 0.5) is 26.3 Å². The van der Waals surface area contributed by atoms with Gasteiger partial charge in [-0.15, -0.1) is 0 Å². The van der Waals surface area contributed by atoms with Crippen molar-refractivity contribution >= 4 is 0 Å². The van der Waals surface area contributed by atoms with Crippen molar-refractivity contribution in [2.45, 2.75) is 37.7 Å². The number of piperazine rings is 1. The van der Waals surface area contributed by atoms with Crippen molar-refractivity contribution in [2.75, 3.05) is 39.8 Å². The Morgan fingerprint density at radius 3 is 1.85 bits per heavy atom. The SMILES string of the molecule is COc1ccccc1C(C)(Cc1cc(C(F)(F)F)cc(C(F)(F)F)c1)N1CCN(CCc2ccccc2)CC1. The first-order valence-electron chi connectivity index (χ1n) is 12.8. The molecule has 0 aliphatic carbocycles. The standard InChI is InChI=1S/C30H32F6N2O/c1-28(26-10-6-7-11-27(26)39-2,21-23-18-24(29(31,32)33)20-25(19-23)30(34,35)36)38-16-14-37(15-17-38)13-12-22-8-4-3-5-9-22/h3-11,18-20H,12-17,21H2,1-2H3. The van der Waals surface area contributed by atoms with E-state index in [-0.39, 0.29) is 18.1 Å². The highest BCUT2D eigenvalue weighted by Crippen LogP contribution is 2.41. The second-order valence-corrected chi connectivity index (χ2v) is 10.1. The Kier molecular flexibility index (Phi) is 8.61. The summed E-state index contributed by atoms with van der Waals surface area (Å²) < 4.78 is 87.2. The van der Waals surface area contributed by atoms with Crippen LogP contribution in [0, 0.1) is 0 Å². The molecule has 9 heteroatoms. The molecule has 1 unspecified atom stereocenters. The molecule has 0 radical (unpaired) electrons. The topological polar surface area (TPSA) is 15.7 Å². The number of hydrogen-bond acceptors (Lipinski definition) is 3. The molecule has 0 spiro atoms. The van der Waals surface area contributed by atoms with Gasteiger partial charge in [0, 0.05) is 38.3 Å². The Morgan fingerprint density at radius 1 is 0.718 bits per heavy atom. The number of ether oxygens (including phenoxy) is 1. The van der Waals surface area contributed by atoms with Crippen LogP contribution in [-0.2, 0) is 30.7 Å². The molecule has 0 aromatic heterocycles. The minimum Gasteiger partial charge on any atom is -0.496 e. The molecule has 1 fully saturated rings. The lowest BCUT2D eigenvalue weighted by Gasteiger charge is -2.47. The molecule has 0 saturated carbocycles. The van der Waals surface area contributed by atoms with Crippen LogP contribution < -0.4 is 4.74 Å². The maximum atomic E-state index is 13.6. The average Bonchev–Trinajstić information content (AvgIpc) is 2.91. The maximum Gasteiger partial charge on any atom is 0.416 e. The molecule has 0 bridgehead atoms. The molecule has 1 heterocycles. The number of halogens is 6. The summed E-state index contributed by atoms with van der Waals surface area (Å²) in [6.07, 6.45) is -8.96. The van der Waals surface area contributed by atoms with Crippen LogP contribution in [0.2, 0.25) is 0 Å². The average molecular weight is 551 g/mol. The summed E-state index contributed by atoms with van der Waals surface area (Å²) in [7, 11) is 1.51. The number of benzene rings is 3. The molecule has 210 valence electrons. The monoisotopic (exact) mass is 550 g/mol. The van der Waals surface area contributed by atoms with Crippen LogP contribution in [0.15, 0.2) is 72.8 Å². The normalized spacial score (nSPS) is 17.1. The zero-order valence-corrected chi connectivity index (χ0v) is 21.9. The highest BCUT2D eigenvalue weighted by molar-refractivity contribution is 5.42. The van der Waals surface area contributed by atoms with Gasteiger partial charge in [-0.25, -0.2) is 0 Å². The summed E-state index contributed by atoms with van der Waals surface area (Å²) in [6.45, 7) is 5.41. The fourth-order valence-corrected chi connectivity index (χ4v) is 5.38. The lowest BCUT2D eigenvalue weighted by Crippen LogP contribution is -2.55. The van der Waals surface area contributed by atoms with Crippen LogP contribution in [-0.4, -0.2) is 49.6 Å². The summed E-state index contributed by atoms with van der Waals surface area (Å²) in [6, 6.07) is 19.2. The number of para-hydroxylation sites is 1. The van der Waals surface area contributed by atoms with Crippen molar-refractivity contribution in [2.24, 2.45) is 0 Å². The van der Waals surface area contributed by atoms with E-state index >= 15 is 0 Å². The highest BCUT2D eigenvalue weighted by Gasteiger charge is 2.41. The fourth-order valence-electron chi connectivity index (χ4n) is 5.38. The number of methoxy groups -OCH3 is 1. The molecular formula is C30H32F6N2O. The van der Waals surface area contributed by atoms with E-state index in [1.54, 1.807) is 18.2 Å². The Balaban J connectivity index is 1.64. The molecule has 0 amide bonds. The predicted octanol–water partition coefficient (Wildman–Crippen LogP) is 7.05. The predicted molar refractivity (Wildman–Crippen MR) is 139 cm³/mol. The third-order valence-corrected chi connectivity index (χ3v) is 7.51. The quantitative estimate of drug-likeness (QED) is 0.280. The second kappa shape index (κ2) is 11.6. The number of rotatable bonds is 8. The molecule has 3 aromatic carbocycles. The van der Waals surface area contributed by atoms with Crippen LogP contribution in [0.25, 0.3) is 0 Å². The van der Waals surface area contributed by atoms with Crippen molar-refractivity contribution in [1.29, 1.82) is 0 Å². The van der Waals surface area contributed by atoms with Gasteiger partial charge in [0.25, 0.3) is 0 Å². The highest BCUT2D eigenvalue weighted by atomic mass is 19.4. The summed E-state index contributed by atoms with van der Waals surface area (Å²) in [4.78, 5) is 4.48. The van der Waals surface area contributed by atoms with Crippen molar-refractivity contribution in [3.8, 4) is 5.75 Å². The molecule has 0 N–H and O–H groups in total. The molecule has 3 aromatic rings. The van der Waals surface area contributed by atoms with E-state index < -0.39 is 29.0 Å². The van der Waals surface area contributed by atoms with E-state index in [0.29, 0.717) is 18.8 Å². The third-order valence-electron chi connectivity index (χ3n) is 7.51.